The maximum atomic E-state index is 13.5. The molecular formula is C21H21F3N3O+. The van der Waals surface area contributed by atoms with Crippen molar-refractivity contribution < 1.29 is 23.0 Å². The first-order valence-corrected chi connectivity index (χ1v) is 9.14. The van der Waals surface area contributed by atoms with Gasteiger partial charge in [0.2, 0.25) is 0 Å². The molecule has 1 aromatic carbocycles. The summed E-state index contributed by atoms with van der Waals surface area (Å²) in [5.41, 5.74) is -1.01. The number of quaternary nitrogens is 1. The molecule has 4 nitrogen and oxygen atoms in total. The fraction of sp³-hybridized carbons (Fsp3) is 0.381. The number of nitriles is 1. The number of carbonyl (C=O) groups excluding carboxylic acids is 1. The smallest absolute Gasteiger partial charge is 0.222 e. The number of hydrogen-bond donors (Lipinski definition) is 1. The topological polar surface area (TPSA) is 57.7 Å². The average molecular weight is 388 g/mol. The molecule has 3 rings (SSSR count). The van der Waals surface area contributed by atoms with Crippen LogP contribution in [0.5, 0.6) is 0 Å². The van der Waals surface area contributed by atoms with Gasteiger partial charge in [-0.05, 0) is 31.4 Å². The number of nitrogens with zero attached hydrogens (tertiary/aromatic N) is 2. The van der Waals surface area contributed by atoms with E-state index in [4.69, 9.17) is 0 Å². The number of benzene rings is 1. The second-order valence-corrected chi connectivity index (χ2v) is 7.65. The lowest BCUT2D eigenvalue weighted by atomic mass is 9.76. The first-order valence-electron chi connectivity index (χ1n) is 9.14. The van der Waals surface area contributed by atoms with Gasteiger partial charge in [-0.2, -0.15) is 18.4 Å². The first kappa shape index (κ1) is 20.0. The van der Waals surface area contributed by atoms with E-state index >= 15 is 0 Å². The van der Waals surface area contributed by atoms with E-state index in [1.807, 2.05) is 13.8 Å². The molecule has 0 saturated heterocycles. The Morgan fingerprint density at radius 1 is 1.18 bits per heavy atom. The van der Waals surface area contributed by atoms with Gasteiger partial charge in [-0.15, -0.1) is 5.01 Å². The Kier molecular flexibility index (Phi) is 5.26. The third-order valence-corrected chi connectivity index (χ3v) is 5.25. The zero-order chi connectivity index (χ0) is 20.5. The molecule has 1 amide bonds. The molecule has 1 unspecified atom stereocenters. The molecule has 1 atom stereocenters. The van der Waals surface area contributed by atoms with Gasteiger partial charge in [0.15, 0.2) is 11.3 Å². The molecule has 0 aromatic heterocycles. The maximum absolute atomic E-state index is 13.5. The van der Waals surface area contributed by atoms with Crippen molar-refractivity contribution in [3.05, 3.63) is 53.1 Å². The molecule has 7 heteroatoms. The van der Waals surface area contributed by atoms with Crippen molar-refractivity contribution in [2.24, 2.45) is 10.5 Å². The zero-order valence-corrected chi connectivity index (χ0v) is 15.7. The van der Waals surface area contributed by atoms with Crippen molar-refractivity contribution in [1.82, 2.24) is 0 Å². The second kappa shape index (κ2) is 7.36. The van der Waals surface area contributed by atoms with E-state index in [0.717, 1.165) is 31.1 Å². The van der Waals surface area contributed by atoms with Gasteiger partial charge < -0.3 is 0 Å². The Morgan fingerprint density at radius 2 is 1.86 bits per heavy atom. The van der Waals surface area contributed by atoms with Crippen molar-refractivity contribution in [2.75, 3.05) is 0 Å². The number of alkyl halides is 3. The summed E-state index contributed by atoms with van der Waals surface area (Å²) in [4.78, 5) is 12.9. The third kappa shape index (κ3) is 3.78. The van der Waals surface area contributed by atoms with Crippen LogP contribution in [-0.2, 0) is 4.79 Å². The summed E-state index contributed by atoms with van der Waals surface area (Å²) in [6.45, 7) is 4.04. The number of nitrogens with one attached hydrogen (secondary N) is 1. The Bertz CT molecular complexity index is 918. The highest BCUT2D eigenvalue weighted by molar-refractivity contribution is 5.98. The molecule has 0 radical (unpaired) electrons. The molecule has 2 aliphatic rings. The van der Waals surface area contributed by atoms with E-state index < -0.39 is 23.2 Å². The van der Waals surface area contributed by atoms with Gasteiger partial charge in [0.05, 0.1) is 11.3 Å². The number of rotatable bonds is 2. The van der Waals surface area contributed by atoms with E-state index in [9.17, 15) is 23.2 Å². The molecule has 1 aromatic rings. The molecule has 0 bridgehead atoms. The van der Waals surface area contributed by atoms with Crippen LogP contribution in [0.3, 0.4) is 0 Å². The highest BCUT2D eigenvalue weighted by atomic mass is 19.4. The Labute approximate surface area is 161 Å². The molecule has 1 heterocycles. The van der Waals surface area contributed by atoms with Crippen LogP contribution in [0, 0.1) is 16.7 Å². The van der Waals surface area contributed by atoms with Crippen molar-refractivity contribution >= 4 is 17.3 Å². The van der Waals surface area contributed by atoms with Crippen LogP contribution < -0.4 is 5.01 Å². The van der Waals surface area contributed by atoms with Gasteiger partial charge in [-0.1, -0.05) is 43.6 Å². The number of hydrogen-bond acceptors (Lipinski definition) is 3. The largest absolute Gasteiger partial charge is 0.418 e. The minimum absolute atomic E-state index is 0.0827. The predicted molar refractivity (Wildman–Crippen MR) is 98.8 cm³/mol. The summed E-state index contributed by atoms with van der Waals surface area (Å²) >= 11 is 0. The van der Waals surface area contributed by atoms with Crippen LogP contribution in [0.25, 0.3) is 5.70 Å². The van der Waals surface area contributed by atoms with Crippen LogP contribution >= 0.6 is 0 Å². The van der Waals surface area contributed by atoms with E-state index in [1.165, 1.54) is 6.07 Å². The molecule has 1 aliphatic heterocycles. The SMILES string of the molecule is CC1(C)CCCC/C1=N\[NH+]1C(=O)C(C#N)=C(C(F)(F)F)C=C1c1ccccc1. The summed E-state index contributed by atoms with van der Waals surface area (Å²) in [7, 11) is 0. The fourth-order valence-electron chi connectivity index (χ4n) is 3.62. The van der Waals surface area contributed by atoms with E-state index in [-0.39, 0.29) is 16.1 Å². The van der Waals surface area contributed by atoms with Gasteiger partial charge in [0, 0.05) is 17.1 Å². The predicted octanol–water partition coefficient (Wildman–Crippen LogP) is 3.79. The van der Waals surface area contributed by atoms with E-state index in [2.05, 4.69) is 5.10 Å². The highest BCUT2D eigenvalue weighted by Gasteiger charge is 2.46. The number of halogens is 3. The van der Waals surface area contributed by atoms with Gasteiger partial charge >= 0.3 is 12.1 Å². The number of carbonyl (C=O) groups is 1. The lowest BCUT2D eigenvalue weighted by Gasteiger charge is -2.31. The van der Waals surface area contributed by atoms with Crippen LogP contribution in [0.15, 0.2) is 52.7 Å². The Balaban J connectivity index is 2.19. The van der Waals surface area contributed by atoms with Crippen LogP contribution in [0.1, 0.15) is 45.1 Å². The zero-order valence-electron chi connectivity index (χ0n) is 15.7. The Morgan fingerprint density at radius 3 is 2.43 bits per heavy atom. The first-order chi connectivity index (χ1) is 13.1. The normalized spacial score (nSPS) is 24.1. The maximum Gasteiger partial charge on any atom is 0.418 e. The van der Waals surface area contributed by atoms with Gasteiger partial charge in [0.1, 0.15) is 6.07 Å². The highest BCUT2D eigenvalue weighted by Crippen LogP contribution is 2.34. The summed E-state index contributed by atoms with van der Waals surface area (Å²) in [5.74, 6) is -0.968. The molecule has 1 aliphatic carbocycles. The molecule has 1 N–H and O–H groups in total. The third-order valence-electron chi connectivity index (χ3n) is 5.25. The molecular weight excluding hydrogens is 367 g/mol. The van der Waals surface area contributed by atoms with Gasteiger partial charge in [-0.3, -0.25) is 0 Å². The molecule has 0 spiro atoms. The number of allylic oxidation sites excluding steroid dienone is 2. The quantitative estimate of drug-likeness (QED) is 0.838. The van der Waals surface area contributed by atoms with Crippen LogP contribution in [0.2, 0.25) is 0 Å². The monoisotopic (exact) mass is 388 g/mol. The second-order valence-electron chi connectivity index (χ2n) is 7.65. The minimum Gasteiger partial charge on any atom is -0.222 e. The van der Waals surface area contributed by atoms with E-state index in [0.29, 0.717) is 12.0 Å². The van der Waals surface area contributed by atoms with Gasteiger partial charge in [-0.25, -0.2) is 4.79 Å². The minimum atomic E-state index is -4.80. The number of amides is 1. The summed E-state index contributed by atoms with van der Waals surface area (Å²) in [6.07, 6.45) is -0.384. The molecule has 1 fully saturated rings. The lowest BCUT2D eigenvalue weighted by Crippen LogP contribution is -3.08. The molecule has 146 valence electrons. The van der Waals surface area contributed by atoms with Crippen LogP contribution in [-0.4, -0.2) is 17.8 Å². The summed E-state index contributed by atoms with van der Waals surface area (Å²) in [5, 5.41) is 13.7. The Hall–Kier alpha value is -2.72. The molecule has 1 saturated carbocycles. The standard InChI is InChI=1S/C21H20F3N3O/c1-20(2)11-7-6-10-18(20)26-27-17(14-8-4-3-5-9-14)12-16(21(22,23)24)15(13-25)19(27)28/h3-5,8-9,12H,6-7,10-11H2,1-2H3/p+1/b26-18+. The summed E-state index contributed by atoms with van der Waals surface area (Å²) in [6, 6.07) is 9.83. The van der Waals surface area contributed by atoms with Crippen molar-refractivity contribution in [3.63, 3.8) is 0 Å². The van der Waals surface area contributed by atoms with Crippen molar-refractivity contribution in [3.8, 4) is 6.07 Å². The fourth-order valence-corrected chi connectivity index (χ4v) is 3.62. The van der Waals surface area contributed by atoms with Crippen molar-refractivity contribution in [1.29, 1.82) is 5.26 Å². The van der Waals surface area contributed by atoms with Crippen LogP contribution in [0.4, 0.5) is 13.2 Å². The lowest BCUT2D eigenvalue weighted by molar-refractivity contribution is -0.747. The van der Waals surface area contributed by atoms with Crippen molar-refractivity contribution in [2.45, 2.75) is 45.7 Å². The summed E-state index contributed by atoms with van der Waals surface area (Å²) < 4.78 is 40.5. The molecule has 28 heavy (non-hydrogen) atoms. The van der Waals surface area contributed by atoms with E-state index in [1.54, 1.807) is 30.3 Å². The van der Waals surface area contributed by atoms with Gasteiger partial charge in [0.25, 0.3) is 0 Å². The average Bonchev–Trinajstić information content (AvgIpc) is 2.64.